The molecule has 60 heavy (non-hydrogen) atoms. The average molecular weight is 860 g/mol. The van der Waals surface area contributed by atoms with Crippen LogP contribution in [0, 0.1) is 0 Å². The van der Waals surface area contributed by atoms with Crippen molar-refractivity contribution >= 4 is 58.4 Å². The molecule has 6 aromatic rings. The minimum Gasteiger partial charge on any atom is -0.497 e. The van der Waals surface area contributed by atoms with Crippen molar-refractivity contribution in [3.05, 3.63) is 107 Å². The fourth-order valence-corrected chi connectivity index (χ4v) is 5.66. The summed E-state index contributed by atoms with van der Waals surface area (Å²) in [6.07, 6.45) is 0. The van der Waals surface area contributed by atoms with Gasteiger partial charge in [-0.1, -0.05) is 23.2 Å². The first kappa shape index (κ1) is 44.1. The maximum absolute atomic E-state index is 11.7. The number of carboxylic acids is 1. The highest BCUT2D eigenvalue weighted by molar-refractivity contribution is 6.32. The third kappa shape index (κ3) is 12.7. The topological polar surface area (TPSA) is 195 Å². The van der Waals surface area contributed by atoms with Gasteiger partial charge in [-0.05, 0) is 91.9 Å². The van der Waals surface area contributed by atoms with Crippen LogP contribution in [-0.4, -0.2) is 85.2 Å². The number of carbonyl (C=O) groups is 2. The second-order valence-electron chi connectivity index (χ2n) is 12.0. The van der Waals surface area contributed by atoms with Gasteiger partial charge >= 0.3 is 11.9 Å². The molecule has 0 amide bonds. The van der Waals surface area contributed by atoms with Gasteiger partial charge in [0, 0.05) is 34.6 Å². The number of hydrogen-bond acceptors (Lipinski definition) is 15. The molecule has 312 valence electrons. The standard InChI is InChI=1S/C22H22ClN3O5.C20H18ClN3O5/c1-4-30-21(27)13-31-20-12-18(14-5-8-16(28-2)9-6-14)25-22(26-20)24-15-7-10-19(29-3)17(23)11-15;1-27-14-6-3-12(4-7-14)16-10-18(29-11-19(25)26)24-20(23-16)22-13-5-8-17(28-2)15(21)9-13/h5-12H,4,13H2,1-3H3,(H,24,25,26);3-10H,11H2,1-2H3,(H,25,26)(H,22,23,24). The van der Waals surface area contributed by atoms with Gasteiger partial charge in [-0.3, -0.25) is 0 Å². The Hall–Kier alpha value is -7.04. The normalized spacial score (nSPS) is 10.3. The third-order valence-corrected chi connectivity index (χ3v) is 8.57. The van der Waals surface area contributed by atoms with Gasteiger partial charge in [0.15, 0.2) is 13.2 Å². The van der Waals surface area contributed by atoms with E-state index in [0.29, 0.717) is 50.1 Å². The van der Waals surface area contributed by atoms with Gasteiger partial charge < -0.3 is 48.9 Å². The molecule has 0 aliphatic rings. The van der Waals surface area contributed by atoms with Crippen LogP contribution in [0.5, 0.6) is 34.8 Å². The van der Waals surface area contributed by atoms with E-state index in [1.807, 2.05) is 36.4 Å². The number of halogens is 2. The van der Waals surface area contributed by atoms with E-state index in [2.05, 4.69) is 30.6 Å². The van der Waals surface area contributed by atoms with Gasteiger partial charge in [0.1, 0.15) is 23.0 Å². The Morgan fingerprint density at radius 2 is 1.02 bits per heavy atom. The van der Waals surface area contributed by atoms with E-state index in [1.165, 1.54) is 7.11 Å². The molecule has 0 atom stereocenters. The summed E-state index contributed by atoms with van der Waals surface area (Å²) in [5, 5.41) is 15.9. The van der Waals surface area contributed by atoms with Gasteiger partial charge in [0.2, 0.25) is 23.7 Å². The lowest BCUT2D eigenvalue weighted by atomic mass is 10.1. The van der Waals surface area contributed by atoms with E-state index in [9.17, 15) is 9.59 Å². The van der Waals surface area contributed by atoms with Crippen molar-refractivity contribution in [2.75, 3.05) is 58.9 Å². The highest BCUT2D eigenvalue weighted by Gasteiger charge is 2.14. The molecular formula is C42H40Cl2N6O10. The Labute approximate surface area is 355 Å². The second-order valence-corrected chi connectivity index (χ2v) is 12.8. The van der Waals surface area contributed by atoms with Crippen LogP contribution in [-0.2, 0) is 14.3 Å². The molecule has 3 N–H and O–H groups in total. The van der Waals surface area contributed by atoms with Gasteiger partial charge in [-0.2, -0.15) is 9.97 Å². The summed E-state index contributed by atoms with van der Waals surface area (Å²) >= 11 is 12.4. The molecule has 2 heterocycles. The highest BCUT2D eigenvalue weighted by atomic mass is 35.5. The number of anilines is 4. The van der Waals surface area contributed by atoms with Crippen molar-refractivity contribution in [3.63, 3.8) is 0 Å². The second kappa shape index (κ2) is 21.6. The molecule has 0 saturated carbocycles. The van der Waals surface area contributed by atoms with Crippen LogP contribution >= 0.6 is 23.2 Å². The molecule has 0 saturated heterocycles. The lowest BCUT2D eigenvalue weighted by Crippen LogP contribution is -2.15. The van der Waals surface area contributed by atoms with Crippen molar-refractivity contribution in [1.82, 2.24) is 19.9 Å². The van der Waals surface area contributed by atoms with Crippen LogP contribution in [0.4, 0.5) is 23.3 Å². The number of carbonyl (C=O) groups excluding carboxylic acids is 1. The lowest BCUT2D eigenvalue weighted by Gasteiger charge is -2.12. The number of carboxylic acid groups (broad SMARTS) is 1. The van der Waals surface area contributed by atoms with E-state index in [0.717, 1.165) is 16.9 Å². The Morgan fingerprint density at radius 1 is 0.583 bits per heavy atom. The number of nitrogens with zero attached hydrogens (tertiary/aromatic N) is 4. The minimum atomic E-state index is -1.11. The van der Waals surface area contributed by atoms with E-state index in [1.54, 1.807) is 88.9 Å². The summed E-state index contributed by atoms with van der Waals surface area (Å²) in [7, 11) is 6.26. The van der Waals surface area contributed by atoms with Crippen molar-refractivity contribution < 1.29 is 47.9 Å². The van der Waals surface area contributed by atoms with E-state index in [4.69, 9.17) is 61.5 Å². The van der Waals surface area contributed by atoms with Crippen LogP contribution in [0.3, 0.4) is 0 Å². The lowest BCUT2D eigenvalue weighted by molar-refractivity contribution is -0.145. The van der Waals surface area contributed by atoms with Crippen LogP contribution in [0.25, 0.3) is 22.5 Å². The smallest absolute Gasteiger partial charge is 0.344 e. The molecule has 0 aliphatic carbocycles. The number of ether oxygens (including phenoxy) is 7. The summed E-state index contributed by atoms with van der Waals surface area (Å²) in [6.45, 7) is 1.22. The summed E-state index contributed by atoms with van der Waals surface area (Å²) in [5.41, 5.74) is 4.04. The summed E-state index contributed by atoms with van der Waals surface area (Å²) in [6, 6.07) is 28.2. The number of rotatable bonds is 17. The summed E-state index contributed by atoms with van der Waals surface area (Å²) in [4.78, 5) is 40.1. The molecule has 0 aliphatic heterocycles. The van der Waals surface area contributed by atoms with Gasteiger partial charge in [-0.15, -0.1) is 0 Å². The maximum atomic E-state index is 11.7. The molecule has 2 aromatic heterocycles. The van der Waals surface area contributed by atoms with Crippen LogP contribution in [0.1, 0.15) is 6.92 Å². The highest BCUT2D eigenvalue weighted by Crippen LogP contribution is 2.32. The van der Waals surface area contributed by atoms with Crippen molar-refractivity contribution in [1.29, 1.82) is 0 Å². The first-order valence-corrected chi connectivity index (χ1v) is 18.7. The molecule has 6 rings (SSSR count). The molecule has 0 unspecified atom stereocenters. The summed E-state index contributed by atoms with van der Waals surface area (Å²) in [5.74, 6) is 1.77. The Bertz CT molecular complexity index is 2390. The summed E-state index contributed by atoms with van der Waals surface area (Å²) < 4.78 is 36.4. The minimum absolute atomic E-state index is 0.121. The first-order chi connectivity index (χ1) is 29.0. The maximum Gasteiger partial charge on any atom is 0.344 e. The largest absolute Gasteiger partial charge is 0.497 e. The number of aromatic nitrogens is 4. The van der Waals surface area contributed by atoms with E-state index < -0.39 is 18.5 Å². The Kier molecular flexibility index (Phi) is 15.9. The van der Waals surface area contributed by atoms with Crippen LogP contribution < -0.4 is 39.1 Å². The fourth-order valence-electron chi connectivity index (χ4n) is 5.15. The van der Waals surface area contributed by atoms with E-state index in [-0.39, 0.29) is 36.9 Å². The van der Waals surface area contributed by atoms with Gasteiger partial charge in [-0.25, -0.2) is 19.6 Å². The van der Waals surface area contributed by atoms with Crippen molar-refractivity contribution in [2.24, 2.45) is 0 Å². The molecule has 16 nitrogen and oxygen atoms in total. The molecular weight excluding hydrogens is 819 g/mol. The number of nitrogens with one attached hydrogen (secondary N) is 2. The molecule has 0 fully saturated rings. The van der Waals surface area contributed by atoms with Gasteiger partial charge in [0.25, 0.3) is 0 Å². The number of aliphatic carboxylic acids is 1. The van der Waals surface area contributed by atoms with Crippen molar-refractivity contribution in [3.8, 4) is 57.3 Å². The van der Waals surface area contributed by atoms with Crippen LogP contribution in [0.15, 0.2) is 97.1 Å². The zero-order valence-corrected chi connectivity index (χ0v) is 34.5. The Balaban J connectivity index is 0.000000228. The first-order valence-electron chi connectivity index (χ1n) is 17.9. The predicted octanol–water partition coefficient (Wildman–Crippen LogP) is 8.52. The van der Waals surface area contributed by atoms with Gasteiger partial charge in [0.05, 0.1) is 56.5 Å². The zero-order chi connectivity index (χ0) is 43.0. The average Bonchev–Trinajstić information content (AvgIpc) is 3.25. The molecule has 18 heteroatoms. The predicted molar refractivity (Wildman–Crippen MR) is 226 cm³/mol. The SMILES string of the molecule is CCOC(=O)COc1cc(-c2ccc(OC)cc2)nc(Nc2ccc(OC)c(Cl)c2)n1.COc1ccc(-c2cc(OCC(=O)O)nc(Nc3ccc(OC)c(Cl)c3)n2)cc1. The van der Waals surface area contributed by atoms with Crippen LogP contribution in [0.2, 0.25) is 10.0 Å². The van der Waals surface area contributed by atoms with E-state index >= 15 is 0 Å². The molecule has 0 spiro atoms. The molecule has 4 aromatic carbocycles. The molecule has 0 bridgehead atoms. The number of hydrogen-bond donors (Lipinski definition) is 3. The Morgan fingerprint density at radius 3 is 1.38 bits per heavy atom. The van der Waals surface area contributed by atoms with Crippen molar-refractivity contribution in [2.45, 2.75) is 6.92 Å². The zero-order valence-electron chi connectivity index (χ0n) is 33.0. The molecule has 0 radical (unpaired) electrons. The third-order valence-electron chi connectivity index (χ3n) is 7.98. The quantitative estimate of drug-likeness (QED) is 0.0738. The monoisotopic (exact) mass is 858 g/mol. The number of methoxy groups -OCH3 is 4. The number of benzene rings is 4. The fraction of sp³-hybridized carbons (Fsp3) is 0.190. The number of esters is 1.